The minimum atomic E-state index is -0.190. The molecule has 2 aromatic carbocycles. The molecular weight excluding hydrogens is 544 g/mol. The van der Waals surface area contributed by atoms with Gasteiger partial charge in [-0.15, -0.1) is 0 Å². The second-order valence-corrected chi connectivity index (χ2v) is 12.7. The van der Waals surface area contributed by atoms with Crippen molar-refractivity contribution in [2.75, 3.05) is 13.2 Å². The molecule has 0 bridgehead atoms. The lowest BCUT2D eigenvalue weighted by Gasteiger charge is -2.30. The van der Waals surface area contributed by atoms with Gasteiger partial charge in [-0.25, -0.2) is 4.68 Å². The molecule has 224 valence electrons. The van der Waals surface area contributed by atoms with E-state index in [9.17, 15) is 4.79 Å². The van der Waals surface area contributed by atoms with Crippen LogP contribution in [0, 0.1) is 0 Å². The van der Waals surface area contributed by atoms with E-state index in [2.05, 4.69) is 65.1 Å². The summed E-state index contributed by atoms with van der Waals surface area (Å²) in [5.41, 5.74) is 5.49. The Morgan fingerprint density at radius 1 is 0.952 bits per heavy atom. The standard InChI is InChI=1S/C35H45ClN4O2/c1-8-34(3,4)25-18-19-32(26(23-25)35(5,6)9-2)42-22-13-12-20-37-33(41)31-24-28(30-17-14-21-39(30)7)38-40(31)29-16-11-10-15-27(29)36/h10-11,14-19,21,23-24H,8-9,12-13,20,22H2,1-7H3,(H,37,41). The highest BCUT2D eigenvalue weighted by molar-refractivity contribution is 6.32. The van der Waals surface area contributed by atoms with Gasteiger partial charge in [0.1, 0.15) is 17.1 Å². The lowest BCUT2D eigenvalue weighted by molar-refractivity contribution is 0.0944. The van der Waals surface area contributed by atoms with Gasteiger partial charge in [-0.3, -0.25) is 4.79 Å². The number of hydrogen-bond acceptors (Lipinski definition) is 3. The average Bonchev–Trinajstić information content (AvgIpc) is 3.61. The maximum absolute atomic E-state index is 13.3. The fourth-order valence-electron chi connectivity index (χ4n) is 4.90. The van der Waals surface area contributed by atoms with Crippen molar-refractivity contribution in [2.24, 2.45) is 7.05 Å². The van der Waals surface area contributed by atoms with Crippen LogP contribution in [0.2, 0.25) is 5.02 Å². The van der Waals surface area contributed by atoms with Crippen molar-refractivity contribution < 1.29 is 9.53 Å². The number of aromatic nitrogens is 3. The van der Waals surface area contributed by atoms with Crippen LogP contribution in [0.3, 0.4) is 0 Å². The van der Waals surface area contributed by atoms with Crippen LogP contribution >= 0.6 is 11.6 Å². The summed E-state index contributed by atoms with van der Waals surface area (Å²) < 4.78 is 9.93. The van der Waals surface area contributed by atoms with Gasteiger partial charge >= 0.3 is 0 Å². The minimum Gasteiger partial charge on any atom is -0.493 e. The zero-order valence-corrected chi connectivity index (χ0v) is 26.9. The van der Waals surface area contributed by atoms with Crippen molar-refractivity contribution in [1.29, 1.82) is 0 Å². The van der Waals surface area contributed by atoms with Gasteiger partial charge in [0.25, 0.3) is 5.91 Å². The second kappa shape index (κ2) is 13.2. The Bertz CT molecular complexity index is 1510. The van der Waals surface area contributed by atoms with Crippen LogP contribution < -0.4 is 10.1 Å². The van der Waals surface area contributed by atoms with E-state index in [1.54, 1.807) is 10.7 Å². The molecule has 7 heteroatoms. The van der Waals surface area contributed by atoms with E-state index in [1.807, 2.05) is 54.2 Å². The molecule has 0 saturated heterocycles. The van der Waals surface area contributed by atoms with Gasteiger partial charge in [-0.2, -0.15) is 5.10 Å². The molecule has 0 unspecified atom stereocenters. The summed E-state index contributed by atoms with van der Waals surface area (Å²) >= 11 is 6.49. The number of hydrogen-bond donors (Lipinski definition) is 1. The fourth-order valence-corrected chi connectivity index (χ4v) is 5.12. The van der Waals surface area contributed by atoms with E-state index in [-0.39, 0.29) is 16.7 Å². The maximum Gasteiger partial charge on any atom is 0.270 e. The molecule has 0 aliphatic heterocycles. The first-order valence-corrected chi connectivity index (χ1v) is 15.4. The Kier molecular flexibility index (Phi) is 9.88. The Balaban J connectivity index is 1.40. The SMILES string of the molecule is CCC(C)(C)c1ccc(OCCCCNC(=O)c2cc(-c3cccn3C)nn2-c2ccccc2Cl)c(C(C)(C)CC)c1. The highest BCUT2D eigenvalue weighted by Gasteiger charge is 2.26. The van der Waals surface area contributed by atoms with Crippen LogP contribution in [0.1, 0.15) is 88.8 Å². The van der Waals surface area contributed by atoms with Crippen molar-refractivity contribution in [2.45, 2.75) is 78.1 Å². The molecule has 4 rings (SSSR count). The zero-order valence-electron chi connectivity index (χ0n) is 26.1. The normalized spacial score (nSPS) is 12.0. The summed E-state index contributed by atoms with van der Waals surface area (Å²) in [6.07, 6.45) is 5.69. The van der Waals surface area contributed by atoms with E-state index in [0.717, 1.165) is 37.1 Å². The number of amides is 1. The van der Waals surface area contributed by atoms with Crippen molar-refractivity contribution in [3.63, 3.8) is 0 Å². The highest BCUT2D eigenvalue weighted by atomic mass is 35.5. The van der Waals surface area contributed by atoms with Crippen LogP contribution in [-0.2, 0) is 17.9 Å². The van der Waals surface area contributed by atoms with Crippen LogP contribution in [0.5, 0.6) is 5.75 Å². The first-order chi connectivity index (χ1) is 20.0. The summed E-state index contributed by atoms with van der Waals surface area (Å²) in [6, 6.07) is 19.9. The van der Waals surface area contributed by atoms with Crippen LogP contribution in [0.4, 0.5) is 0 Å². The molecule has 42 heavy (non-hydrogen) atoms. The lowest BCUT2D eigenvalue weighted by atomic mass is 9.76. The molecular formula is C35H45ClN4O2. The van der Waals surface area contributed by atoms with E-state index >= 15 is 0 Å². The first kappa shape index (κ1) is 31.4. The number of para-hydroxylation sites is 1. The number of unbranched alkanes of at least 4 members (excludes halogenated alkanes) is 1. The summed E-state index contributed by atoms with van der Waals surface area (Å²) in [5.74, 6) is 0.767. The lowest BCUT2D eigenvalue weighted by Crippen LogP contribution is -2.27. The van der Waals surface area contributed by atoms with Crippen LogP contribution in [0.15, 0.2) is 66.9 Å². The Hall–Kier alpha value is -3.51. The number of carbonyl (C=O) groups is 1. The molecule has 4 aromatic rings. The van der Waals surface area contributed by atoms with Gasteiger partial charge < -0.3 is 14.6 Å². The zero-order chi connectivity index (χ0) is 30.5. The van der Waals surface area contributed by atoms with Crippen molar-refractivity contribution >= 4 is 17.5 Å². The predicted molar refractivity (Wildman–Crippen MR) is 173 cm³/mol. The molecule has 1 N–H and O–H groups in total. The predicted octanol–water partition coefficient (Wildman–Crippen LogP) is 8.50. The topological polar surface area (TPSA) is 61.1 Å². The quantitative estimate of drug-likeness (QED) is 0.159. The third-order valence-corrected chi connectivity index (χ3v) is 8.92. The molecule has 2 heterocycles. The molecule has 0 aliphatic carbocycles. The van der Waals surface area contributed by atoms with Gasteiger partial charge in [0.05, 0.1) is 23.0 Å². The van der Waals surface area contributed by atoms with Gasteiger partial charge in [0, 0.05) is 25.4 Å². The number of benzene rings is 2. The fraction of sp³-hybridized carbons (Fsp3) is 0.429. The number of ether oxygens (including phenoxy) is 1. The molecule has 6 nitrogen and oxygen atoms in total. The maximum atomic E-state index is 13.3. The highest BCUT2D eigenvalue weighted by Crippen LogP contribution is 2.38. The van der Waals surface area contributed by atoms with E-state index in [1.165, 1.54) is 11.1 Å². The number of nitrogens with zero attached hydrogens (tertiary/aromatic N) is 3. The van der Waals surface area contributed by atoms with E-state index in [0.29, 0.717) is 35.2 Å². The van der Waals surface area contributed by atoms with E-state index in [4.69, 9.17) is 21.4 Å². The number of halogens is 1. The molecule has 0 aliphatic rings. The number of carbonyl (C=O) groups excluding carboxylic acids is 1. The third kappa shape index (κ3) is 6.92. The molecule has 0 saturated carbocycles. The minimum absolute atomic E-state index is 0.0198. The van der Waals surface area contributed by atoms with Gasteiger partial charge in [0.2, 0.25) is 0 Å². The van der Waals surface area contributed by atoms with Gasteiger partial charge in [-0.1, -0.05) is 77.4 Å². The summed E-state index contributed by atoms with van der Waals surface area (Å²) in [6.45, 7) is 14.7. The van der Waals surface area contributed by atoms with Crippen LogP contribution in [-0.4, -0.2) is 33.4 Å². The Morgan fingerprint density at radius 2 is 1.69 bits per heavy atom. The molecule has 2 aromatic heterocycles. The first-order valence-electron chi connectivity index (χ1n) is 15.0. The molecule has 0 radical (unpaired) electrons. The average molecular weight is 589 g/mol. The molecule has 0 fully saturated rings. The van der Waals surface area contributed by atoms with Crippen molar-refractivity contribution in [3.8, 4) is 22.8 Å². The third-order valence-electron chi connectivity index (χ3n) is 8.60. The second-order valence-electron chi connectivity index (χ2n) is 12.3. The smallest absolute Gasteiger partial charge is 0.270 e. The molecule has 0 spiro atoms. The summed E-state index contributed by atoms with van der Waals surface area (Å²) in [4.78, 5) is 13.3. The number of aryl methyl sites for hydroxylation is 1. The van der Waals surface area contributed by atoms with Gasteiger partial charge in [0.15, 0.2) is 0 Å². The van der Waals surface area contributed by atoms with E-state index < -0.39 is 0 Å². The number of nitrogens with one attached hydrogen (secondary N) is 1. The van der Waals surface area contributed by atoms with Crippen molar-refractivity contribution in [1.82, 2.24) is 19.7 Å². The number of rotatable bonds is 13. The Morgan fingerprint density at radius 3 is 2.36 bits per heavy atom. The largest absolute Gasteiger partial charge is 0.493 e. The van der Waals surface area contributed by atoms with Crippen LogP contribution in [0.25, 0.3) is 17.1 Å². The van der Waals surface area contributed by atoms with Gasteiger partial charge in [-0.05, 0) is 78.5 Å². The van der Waals surface area contributed by atoms with Crippen molar-refractivity contribution in [3.05, 3.63) is 88.7 Å². The Labute approximate surface area is 256 Å². The monoisotopic (exact) mass is 588 g/mol. The molecule has 1 amide bonds. The molecule has 0 atom stereocenters. The summed E-state index contributed by atoms with van der Waals surface area (Å²) in [7, 11) is 1.96. The summed E-state index contributed by atoms with van der Waals surface area (Å²) in [5, 5.41) is 8.35.